The summed E-state index contributed by atoms with van der Waals surface area (Å²) in [5.41, 5.74) is 3.02. The molecule has 1 atom stereocenters. The topological polar surface area (TPSA) is 45.4 Å². The van der Waals surface area contributed by atoms with Crippen LogP contribution in [0.2, 0.25) is 0 Å². The predicted octanol–water partition coefficient (Wildman–Crippen LogP) is 2.59. The molecule has 0 aliphatic carbocycles. The smallest absolute Gasteiger partial charge is 0.195 e. The number of benzene rings is 1. The third kappa shape index (κ3) is 2.19. The highest BCUT2D eigenvalue weighted by molar-refractivity contribution is 5.41. The van der Waals surface area contributed by atoms with E-state index in [4.69, 9.17) is 5.11 Å². The van der Waals surface area contributed by atoms with Crippen LogP contribution in [0, 0.1) is 6.92 Å². The number of hydrogen-bond acceptors (Lipinski definition) is 2. The molecule has 3 heteroatoms. The lowest BCUT2D eigenvalue weighted by atomic mass is 10.0. The lowest BCUT2D eigenvalue weighted by Crippen LogP contribution is -2.00. The van der Waals surface area contributed by atoms with Crippen LogP contribution in [0.25, 0.3) is 5.69 Å². The van der Waals surface area contributed by atoms with Gasteiger partial charge in [0.1, 0.15) is 0 Å². The van der Waals surface area contributed by atoms with Gasteiger partial charge in [-0.15, -0.1) is 0 Å². The van der Waals surface area contributed by atoms with Crippen molar-refractivity contribution in [3.05, 3.63) is 47.7 Å². The molecule has 2 aromatic rings. The first-order valence-corrected chi connectivity index (χ1v) is 5.72. The molecule has 0 aliphatic rings. The van der Waals surface area contributed by atoms with Gasteiger partial charge in [0.25, 0.3) is 0 Å². The first kappa shape index (κ1) is 11.7. The van der Waals surface area contributed by atoms with Crippen molar-refractivity contribution in [1.29, 1.82) is 0 Å². The Hall–Kier alpha value is -1.74. The van der Waals surface area contributed by atoms with Crippen LogP contribution in [-0.4, -0.2) is 21.4 Å². The Balaban J connectivity index is 2.36. The maximum Gasteiger partial charge on any atom is 0.195 e. The SMILES string of the molecule is Cc1ccc(O)n1-c1ccc(C(C)CO)cc1. The zero-order chi connectivity index (χ0) is 12.4. The molecule has 2 rings (SSSR count). The zero-order valence-electron chi connectivity index (χ0n) is 10.1. The van der Waals surface area contributed by atoms with E-state index in [2.05, 4.69) is 0 Å². The van der Waals surface area contributed by atoms with E-state index in [0.29, 0.717) is 0 Å². The molecule has 0 radical (unpaired) electrons. The van der Waals surface area contributed by atoms with Crippen LogP contribution < -0.4 is 0 Å². The number of aliphatic hydroxyl groups excluding tert-OH is 1. The van der Waals surface area contributed by atoms with Crippen LogP contribution in [-0.2, 0) is 0 Å². The summed E-state index contributed by atoms with van der Waals surface area (Å²) in [6, 6.07) is 11.4. The molecular weight excluding hydrogens is 214 g/mol. The fourth-order valence-corrected chi connectivity index (χ4v) is 1.92. The van der Waals surface area contributed by atoms with Crippen molar-refractivity contribution in [2.45, 2.75) is 19.8 Å². The molecule has 0 amide bonds. The number of aromatic nitrogens is 1. The molecule has 1 aromatic heterocycles. The minimum Gasteiger partial charge on any atom is -0.494 e. The fourth-order valence-electron chi connectivity index (χ4n) is 1.92. The van der Waals surface area contributed by atoms with Gasteiger partial charge in [0.05, 0.1) is 0 Å². The molecule has 0 fully saturated rings. The molecule has 0 saturated heterocycles. The first-order valence-electron chi connectivity index (χ1n) is 5.72. The van der Waals surface area contributed by atoms with Crippen LogP contribution in [0.3, 0.4) is 0 Å². The molecular formula is C14H17NO2. The molecule has 0 bridgehead atoms. The highest BCUT2D eigenvalue weighted by Crippen LogP contribution is 2.23. The molecule has 1 heterocycles. The van der Waals surface area contributed by atoms with Gasteiger partial charge in [0.2, 0.25) is 0 Å². The Morgan fingerprint density at radius 3 is 2.24 bits per heavy atom. The molecule has 0 spiro atoms. The number of aryl methyl sites for hydroxylation is 1. The van der Waals surface area contributed by atoms with E-state index in [1.165, 1.54) is 0 Å². The van der Waals surface area contributed by atoms with Gasteiger partial charge in [-0.2, -0.15) is 0 Å². The zero-order valence-corrected chi connectivity index (χ0v) is 10.1. The summed E-state index contributed by atoms with van der Waals surface area (Å²) >= 11 is 0. The molecule has 3 nitrogen and oxygen atoms in total. The number of rotatable bonds is 3. The van der Waals surface area contributed by atoms with E-state index in [9.17, 15) is 5.11 Å². The van der Waals surface area contributed by atoms with E-state index in [1.807, 2.05) is 44.2 Å². The first-order chi connectivity index (χ1) is 8.13. The molecule has 0 aliphatic heterocycles. The molecule has 1 unspecified atom stereocenters. The van der Waals surface area contributed by atoms with E-state index < -0.39 is 0 Å². The molecule has 90 valence electrons. The third-order valence-electron chi connectivity index (χ3n) is 3.05. The van der Waals surface area contributed by atoms with Crippen molar-refractivity contribution in [2.75, 3.05) is 6.61 Å². The summed E-state index contributed by atoms with van der Waals surface area (Å²) in [6.07, 6.45) is 0. The van der Waals surface area contributed by atoms with E-state index in [-0.39, 0.29) is 18.4 Å². The lowest BCUT2D eigenvalue weighted by molar-refractivity contribution is 0.273. The second-order valence-electron chi connectivity index (χ2n) is 4.34. The Morgan fingerprint density at radius 1 is 1.12 bits per heavy atom. The fraction of sp³-hybridized carbons (Fsp3) is 0.286. The van der Waals surface area contributed by atoms with Gasteiger partial charge in [-0.3, -0.25) is 4.57 Å². The quantitative estimate of drug-likeness (QED) is 0.852. The van der Waals surface area contributed by atoms with Crippen molar-refractivity contribution < 1.29 is 10.2 Å². The summed E-state index contributed by atoms with van der Waals surface area (Å²) in [5.74, 6) is 0.383. The summed E-state index contributed by atoms with van der Waals surface area (Å²) in [7, 11) is 0. The summed E-state index contributed by atoms with van der Waals surface area (Å²) < 4.78 is 1.79. The van der Waals surface area contributed by atoms with Crippen molar-refractivity contribution >= 4 is 0 Å². The number of aliphatic hydroxyl groups is 1. The lowest BCUT2D eigenvalue weighted by Gasteiger charge is -2.11. The van der Waals surface area contributed by atoms with Gasteiger partial charge in [0.15, 0.2) is 5.88 Å². The minimum absolute atomic E-state index is 0.142. The average Bonchev–Trinajstić information content (AvgIpc) is 2.68. The van der Waals surface area contributed by atoms with Crippen molar-refractivity contribution in [2.24, 2.45) is 0 Å². The number of hydrogen-bond donors (Lipinski definition) is 2. The van der Waals surface area contributed by atoms with Crippen LogP contribution in [0.5, 0.6) is 5.88 Å². The second-order valence-corrected chi connectivity index (χ2v) is 4.34. The molecule has 0 saturated carbocycles. The molecule has 2 N–H and O–H groups in total. The molecule has 17 heavy (non-hydrogen) atoms. The highest BCUT2D eigenvalue weighted by Gasteiger charge is 2.07. The van der Waals surface area contributed by atoms with Gasteiger partial charge in [-0.1, -0.05) is 19.1 Å². The number of nitrogens with zero attached hydrogens (tertiary/aromatic N) is 1. The van der Waals surface area contributed by atoms with Gasteiger partial charge in [0, 0.05) is 30.0 Å². The van der Waals surface area contributed by atoms with E-state index >= 15 is 0 Å². The minimum atomic E-state index is 0.142. The van der Waals surface area contributed by atoms with Gasteiger partial charge in [-0.05, 0) is 30.7 Å². The van der Waals surface area contributed by atoms with Crippen LogP contribution in [0.1, 0.15) is 24.1 Å². The normalized spacial score (nSPS) is 12.6. The van der Waals surface area contributed by atoms with Gasteiger partial charge < -0.3 is 10.2 Å². The maximum absolute atomic E-state index is 9.73. The maximum atomic E-state index is 9.73. The largest absolute Gasteiger partial charge is 0.494 e. The Labute approximate surface area is 101 Å². The number of aromatic hydroxyl groups is 1. The predicted molar refractivity (Wildman–Crippen MR) is 67.7 cm³/mol. The van der Waals surface area contributed by atoms with Crippen LogP contribution in [0.4, 0.5) is 0 Å². The summed E-state index contributed by atoms with van der Waals surface area (Å²) in [6.45, 7) is 4.07. The molecule has 1 aromatic carbocycles. The Morgan fingerprint density at radius 2 is 1.76 bits per heavy atom. The summed E-state index contributed by atoms with van der Waals surface area (Å²) in [4.78, 5) is 0. The van der Waals surface area contributed by atoms with E-state index in [0.717, 1.165) is 16.9 Å². The average molecular weight is 231 g/mol. The van der Waals surface area contributed by atoms with Crippen molar-refractivity contribution in [3.8, 4) is 11.6 Å². The van der Waals surface area contributed by atoms with Gasteiger partial charge >= 0.3 is 0 Å². The standard InChI is InChI=1S/C14H17NO2/c1-10(9-16)12-4-6-13(7-5-12)15-11(2)3-8-14(15)17/h3-8,10,16-17H,9H2,1-2H3. The van der Waals surface area contributed by atoms with Crippen LogP contribution >= 0.6 is 0 Å². The summed E-state index contributed by atoms with van der Waals surface area (Å²) in [5, 5.41) is 18.8. The second kappa shape index (κ2) is 4.63. The monoisotopic (exact) mass is 231 g/mol. The Bertz CT molecular complexity index is 480. The van der Waals surface area contributed by atoms with Gasteiger partial charge in [-0.25, -0.2) is 0 Å². The highest BCUT2D eigenvalue weighted by atomic mass is 16.3. The van der Waals surface area contributed by atoms with Crippen molar-refractivity contribution in [3.63, 3.8) is 0 Å². The van der Waals surface area contributed by atoms with Crippen LogP contribution in [0.15, 0.2) is 36.4 Å². The van der Waals surface area contributed by atoms with Crippen molar-refractivity contribution in [1.82, 2.24) is 4.57 Å². The van der Waals surface area contributed by atoms with E-state index in [1.54, 1.807) is 10.6 Å². The Kier molecular flexibility index (Phi) is 3.20. The third-order valence-corrected chi connectivity index (χ3v) is 3.05.